The molecule has 0 saturated carbocycles. The number of hydrogen-bond acceptors (Lipinski definition) is 8. The molecule has 1 unspecified atom stereocenters. The fraction of sp³-hybridized carbons (Fsp3) is 0.227. The molecule has 1 saturated heterocycles. The van der Waals surface area contributed by atoms with Gasteiger partial charge in [0.05, 0.1) is 24.6 Å². The van der Waals surface area contributed by atoms with Gasteiger partial charge >= 0.3 is 5.97 Å². The summed E-state index contributed by atoms with van der Waals surface area (Å²) < 4.78 is 6.35. The van der Waals surface area contributed by atoms with Crippen molar-refractivity contribution in [3.63, 3.8) is 0 Å². The highest BCUT2D eigenvalue weighted by atomic mass is 16.5. The molecule has 1 atom stereocenters. The van der Waals surface area contributed by atoms with Gasteiger partial charge in [-0.25, -0.2) is 9.48 Å². The largest absolute Gasteiger partial charge is 0.465 e. The molecule has 11 heteroatoms. The zero-order chi connectivity index (χ0) is 23.1. The summed E-state index contributed by atoms with van der Waals surface area (Å²) in [6.07, 6.45) is 5.09. The Balaban J connectivity index is 1.49. The Labute approximate surface area is 187 Å². The normalized spacial score (nSPS) is 17.7. The lowest BCUT2D eigenvalue weighted by molar-refractivity contribution is -0.136. The van der Waals surface area contributed by atoms with Gasteiger partial charge in [0, 0.05) is 42.0 Å². The van der Waals surface area contributed by atoms with Crippen molar-refractivity contribution in [1.29, 1.82) is 0 Å². The third kappa shape index (κ3) is 3.43. The third-order valence-electron chi connectivity index (χ3n) is 5.80. The molecule has 0 radical (unpaired) electrons. The Kier molecular flexibility index (Phi) is 4.93. The van der Waals surface area contributed by atoms with Crippen molar-refractivity contribution in [2.45, 2.75) is 25.4 Å². The van der Waals surface area contributed by atoms with Crippen molar-refractivity contribution in [1.82, 2.24) is 30.2 Å². The van der Waals surface area contributed by atoms with E-state index in [-0.39, 0.29) is 31.2 Å². The molecule has 1 aromatic carbocycles. The van der Waals surface area contributed by atoms with Crippen LogP contribution in [0.25, 0.3) is 16.9 Å². The summed E-state index contributed by atoms with van der Waals surface area (Å²) in [4.78, 5) is 54.5. The summed E-state index contributed by atoms with van der Waals surface area (Å²) >= 11 is 0. The Hall–Kier alpha value is -4.41. The number of nitrogens with zero attached hydrogens (tertiary/aromatic N) is 5. The van der Waals surface area contributed by atoms with Crippen LogP contribution >= 0.6 is 0 Å². The molecule has 4 heterocycles. The highest BCUT2D eigenvalue weighted by Gasteiger charge is 2.40. The van der Waals surface area contributed by atoms with Crippen molar-refractivity contribution >= 4 is 23.7 Å². The lowest BCUT2D eigenvalue weighted by Gasteiger charge is -2.29. The molecule has 2 aromatic heterocycles. The maximum atomic E-state index is 13.0. The summed E-state index contributed by atoms with van der Waals surface area (Å²) in [6.45, 7) is 0.201. The number of carbonyl (C=O) groups is 4. The monoisotopic (exact) mass is 446 g/mol. The Bertz CT molecular complexity index is 1320. The van der Waals surface area contributed by atoms with Crippen molar-refractivity contribution in [3.05, 3.63) is 59.5 Å². The minimum Gasteiger partial charge on any atom is -0.465 e. The maximum absolute atomic E-state index is 13.0. The summed E-state index contributed by atoms with van der Waals surface area (Å²) in [5.41, 5.74) is 2.96. The minimum absolute atomic E-state index is 0.184. The van der Waals surface area contributed by atoms with E-state index in [4.69, 9.17) is 4.74 Å². The number of fused-ring (bicyclic) bond motifs is 1. The second-order valence-electron chi connectivity index (χ2n) is 7.66. The second-order valence-corrected chi connectivity index (χ2v) is 7.66. The number of imide groups is 1. The SMILES string of the molecule is COC(=O)c1ccncc1-c1cn(-c2cccc3c2CN(C2CCC(=O)NC2=O)C3=O)nn1. The summed E-state index contributed by atoms with van der Waals surface area (Å²) in [5.74, 6) is -1.60. The molecule has 1 fully saturated rings. The van der Waals surface area contributed by atoms with Crippen LogP contribution < -0.4 is 5.32 Å². The van der Waals surface area contributed by atoms with Crippen LogP contribution in [0.2, 0.25) is 0 Å². The zero-order valence-electron chi connectivity index (χ0n) is 17.5. The fourth-order valence-electron chi connectivity index (χ4n) is 4.18. The van der Waals surface area contributed by atoms with E-state index < -0.39 is 17.9 Å². The van der Waals surface area contributed by atoms with Gasteiger partial charge in [-0.3, -0.25) is 24.7 Å². The quantitative estimate of drug-likeness (QED) is 0.461. The first-order valence-corrected chi connectivity index (χ1v) is 10.2. The van der Waals surface area contributed by atoms with E-state index in [1.54, 1.807) is 24.4 Å². The van der Waals surface area contributed by atoms with Gasteiger partial charge in [0.2, 0.25) is 11.8 Å². The van der Waals surface area contributed by atoms with Gasteiger partial charge in [-0.1, -0.05) is 11.3 Å². The van der Waals surface area contributed by atoms with Gasteiger partial charge in [0.15, 0.2) is 0 Å². The number of pyridine rings is 1. The summed E-state index contributed by atoms with van der Waals surface area (Å²) in [6, 6.07) is 6.05. The van der Waals surface area contributed by atoms with Crippen molar-refractivity contribution < 1.29 is 23.9 Å². The fourth-order valence-corrected chi connectivity index (χ4v) is 4.18. The van der Waals surface area contributed by atoms with E-state index in [1.165, 1.54) is 35.2 Å². The third-order valence-corrected chi connectivity index (χ3v) is 5.80. The molecule has 3 amide bonds. The first kappa shape index (κ1) is 20.5. The predicted octanol–water partition coefficient (Wildman–Crippen LogP) is 0.877. The number of benzene rings is 1. The average Bonchev–Trinajstić information content (AvgIpc) is 3.44. The summed E-state index contributed by atoms with van der Waals surface area (Å²) in [5, 5.41) is 10.7. The zero-order valence-corrected chi connectivity index (χ0v) is 17.5. The number of rotatable bonds is 4. The number of ether oxygens (including phenoxy) is 1. The van der Waals surface area contributed by atoms with Gasteiger partial charge in [0.1, 0.15) is 11.7 Å². The topological polar surface area (TPSA) is 136 Å². The van der Waals surface area contributed by atoms with Crippen LogP contribution in [0, 0.1) is 0 Å². The van der Waals surface area contributed by atoms with Crippen LogP contribution in [0.4, 0.5) is 0 Å². The molecule has 2 aliphatic heterocycles. The molecule has 166 valence electrons. The first-order chi connectivity index (χ1) is 16.0. The number of carbonyl (C=O) groups excluding carboxylic acids is 4. The molecule has 3 aromatic rings. The number of aromatic nitrogens is 4. The number of nitrogens with one attached hydrogen (secondary N) is 1. The predicted molar refractivity (Wildman–Crippen MR) is 112 cm³/mol. The number of amides is 3. The van der Waals surface area contributed by atoms with E-state index in [0.29, 0.717) is 33.6 Å². The highest BCUT2D eigenvalue weighted by molar-refractivity contribution is 6.05. The van der Waals surface area contributed by atoms with Crippen molar-refractivity contribution in [2.75, 3.05) is 7.11 Å². The minimum atomic E-state index is -0.709. The van der Waals surface area contributed by atoms with Gasteiger partial charge in [-0.05, 0) is 24.6 Å². The molecular formula is C22H18N6O5. The van der Waals surface area contributed by atoms with Gasteiger partial charge in [-0.15, -0.1) is 5.10 Å². The Morgan fingerprint density at radius 1 is 1.18 bits per heavy atom. The highest BCUT2D eigenvalue weighted by Crippen LogP contribution is 2.32. The van der Waals surface area contributed by atoms with Crippen LogP contribution in [0.1, 0.15) is 39.1 Å². The van der Waals surface area contributed by atoms with Crippen LogP contribution in [-0.4, -0.2) is 61.7 Å². The van der Waals surface area contributed by atoms with Crippen LogP contribution in [0.15, 0.2) is 42.9 Å². The number of esters is 1. The van der Waals surface area contributed by atoms with Gasteiger partial charge in [-0.2, -0.15) is 0 Å². The average molecular weight is 446 g/mol. The smallest absolute Gasteiger partial charge is 0.338 e. The molecule has 0 aliphatic carbocycles. The van der Waals surface area contributed by atoms with E-state index in [0.717, 1.165) is 0 Å². The first-order valence-electron chi connectivity index (χ1n) is 10.2. The molecule has 0 spiro atoms. The lowest BCUT2D eigenvalue weighted by atomic mass is 10.0. The summed E-state index contributed by atoms with van der Waals surface area (Å²) in [7, 11) is 1.29. The maximum Gasteiger partial charge on any atom is 0.338 e. The van der Waals surface area contributed by atoms with Crippen molar-refractivity contribution in [2.24, 2.45) is 0 Å². The Morgan fingerprint density at radius 2 is 2.03 bits per heavy atom. The van der Waals surface area contributed by atoms with E-state index in [9.17, 15) is 19.2 Å². The standard InChI is InChI=1S/C22H18N6O5/c1-33-22(32)13-7-8-23-9-14(13)16-11-28(26-25-16)17-4-2-3-12-15(17)10-27(21(12)31)18-5-6-19(29)24-20(18)30/h2-4,7-9,11,18H,5-6,10H2,1H3,(H,24,29,30). The molecule has 5 rings (SSSR count). The molecule has 2 aliphatic rings. The molecule has 33 heavy (non-hydrogen) atoms. The number of hydrogen-bond donors (Lipinski definition) is 1. The number of methoxy groups -OCH3 is 1. The van der Waals surface area contributed by atoms with Gasteiger partial charge < -0.3 is 9.64 Å². The van der Waals surface area contributed by atoms with Gasteiger partial charge in [0.25, 0.3) is 5.91 Å². The molecular weight excluding hydrogens is 428 g/mol. The second kappa shape index (κ2) is 7.93. The molecule has 0 bridgehead atoms. The Morgan fingerprint density at radius 3 is 2.82 bits per heavy atom. The lowest BCUT2D eigenvalue weighted by Crippen LogP contribution is -2.52. The van der Waals surface area contributed by atoms with Crippen LogP contribution in [-0.2, 0) is 20.9 Å². The van der Waals surface area contributed by atoms with Crippen LogP contribution in [0.5, 0.6) is 0 Å². The molecule has 1 N–H and O–H groups in total. The molecule has 11 nitrogen and oxygen atoms in total. The van der Waals surface area contributed by atoms with Crippen LogP contribution in [0.3, 0.4) is 0 Å². The van der Waals surface area contributed by atoms with Crippen molar-refractivity contribution in [3.8, 4) is 16.9 Å². The van der Waals surface area contributed by atoms with E-state index in [1.807, 2.05) is 0 Å². The van der Waals surface area contributed by atoms with E-state index >= 15 is 0 Å². The van der Waals surface area contributed by atoms with E-state index in [2.05, 4.69) is 20.6 Å². The number of piperidine rings is 1.